The molecule has 1 aliphatic rings. The van der Waals surface area contributed by atoms with Gasteiger partial charge >= 0.3 is 0 Å². The zero-order valence-electron chi connectivity index (χ0n) is 8.84. The Morgan fingerprint density at radius 3 is 3.12 bits per heavy atom. The van der Waals surface area contributed by atoms with Crippen LogP contribution in [0.1, 0.15) is 29.2 Å². The van der Waals surface area contributed by atoms with Crippen LogP contribution in [0.25, 0.3) is 0 Å². The highest BCUT2D eigenvalue weighted by Crippen LogP contribution is 2.42. The van der Waals surface area contributed by atoms with Gasteiger partial charge in [0.25, 0.3) is 0 Å². The van der Waals surface area contributed by atoms with E-state index in [4.69, 9.17) is 4.74 Å². The number of aromatic nitrogens is 1. The number of aliphatic hydroxyl groups excluding tert-OH is 1. The van der Waals surface area contributed by atoms with Crippen LogP contribution < -0.4 is 4.74 Å². The lowest BCUT2D eigenvalue weighted by Gasteiger charge is -2.28. The molecule has 2 atom stereocenters. The lowest BCUT2D eigenvalue weighted by molar-refractivity contribution is 0.0655. The van der Waals surface area contributed by atoms with Crippen molar-refractivity contribution in [2.45, 2.75) is 18.6 Å². The Morgan fingerprint density at radius 1 is 1.47 bits per heavy atom. The van der Waals surface area contributed by atoms with Gasteiger partial charge in [0.05, 0.1) is 6.10 Å². The predicted molar refractivity (Wildman–Crippen MR) is 69.2 cm³/mol. The van der Waals surface area contributed by atoms with E-state index >= 15 is 0 Å². The number of hydrogen-bond acceptors (Lipinski definition) is 4. The Morgan fingerprint density at radius 2 is 2.35 bits per heavy atom. The summed E-state index contributed by atoms with van der Waals surface area (Å²) in [5.74, 6) is 0.735. The van der Waals surface area contributed by atoms with Crippen LogP contribution in [0.5, 0.6) is 5.75 Å². The number of hydrogen-bond donors (Lipinski definition) is 1. The molecule has 1 unspecified atom stereocenters. The third kappa shape index (κ3) is 2.10. The Labute approximate surface area is 111 Å². The number of aliphatic hydroxyl groups is 1. The van der Waals surface area contributed by atoms with Crippen molar-refractivity contribution in [3.8, 4) is 5.75 Å². The average Bonchev–Trinajstić information content (AvgIpc) is 2.81. The number of rotatable bonds is 1. The molecule has 5 heteroatoms. The van der Waals surface area contributed by atoms with Crippen molar-refractivity contribution in [1.82, 2.24) is 4.98 Å². The Bertz CT molecular complexity index is 529. The highest BCUT2D eigenvalue weighted by Gasteiger charge is 2.29. The van der Waals surface area contributed by atoms with Crippen LogP contribution in [-0.2, 0) is 0 Å². The first-order valence-electron chi connectivity index (χ1n) is 5.27. The summed E-state index contributed by atoms with van der Waals surface area (Å²) in [5, 5.41) is 12.9. The van der Waals surface area contributed by atoms with Crippen molar-refractivity contribution in [3.05, 3.63) is 44.8 Å². The molecule has 1 aliphatic heterocycles. The van der Waals surface area contributed by atoms with Gasteiger partial charge in [-0.3, -0.25) is 0 Å². The fraction of sp³-hybridized carbons (Fsp3) is 0.250. The van der Waals surface area contributed by atoms with Crippen LogP contribution in [0.3, 0.4) is 0 Å². The van der Waals surface area contributed by atoms with Crippen LogP contribution in [0, 0.1) is 0 Å². The molecule has 0 saturated carbocycles. The van der Waals surface area contributed by atoms with E-state index < -0.39 is 6.10 Å². The standard InChI is InChI=1S/C12H10BrNO2S/c13-7-1-2-8-9(15)6-11(16-10(8)5-7)12-14-3-4-17-12/h1-5,9,11,15H,6H2/t9-,11?/m1/s1. The lowest BCUT2D eigenvalue weighted by Crippen LogP contribution is -2.18. The van der Waals surface area contributed by atoms with Crippen LogP contribution in [-0.4, -0.2) is 10.1 Å². The van der Waals surface area contributed by atoms with Crippen molar-refractivity contribution < 1.29 is 9.84 Å². The molecule has 0 radical (unpaired) electrons. The molecule has 88 valence electrons. The molecule has 3 rings (SSSR count). The van der Waals surface area contributed by atoms with Crippen molar-refractivity contribution in [2.24, 2.45) is 0 Å². The van der Waals surface area contributed by atoms with Gasteiger partial charge in [0.2, 0.25) is 0 Å². The van der Waals surface area contributed by atoms with E-state index in [1.165, 1.54) is 0 Å². The zero-order chi connectivity index (χ0) is 11.8. The first kappa shape index (κ1) is 11.2. The van der Waals surface area contributed by atoms with E-state index in [0.717, 1.165) is 20.8 Å². The molecular formula is C12H10BrNO2S. The van der Waals surface area contributed by atoms with Gasteiger partial charge in [0.1, 0.15) is 10.8 Å². The summed E-state index contributed by atoms with van der Waals surface area (Å²) >= 11 is 4.96. The third-order valence-corrected chi connectivity index (χ3v) is 4.13. The topological polar surface area (TPSA) is 42.4 Å². The Hall–Kier alpha value is -0.910. The summed E-state index contributed by atoms with van der Waals surface area (Å²) in [6, 6.07) is 5.69. The Balaban J connectivity index is 1.97. The number of ether oxygens (including phenoxy) is 1. The molecule has 2 heterocycles. The highest BCUT2D eigenvalue weighted by atomic mass is 79.9. The second-order valence-electron chi connectivity index (χ2n) is 3.91. The highest BCUT2D eigenvalue weighted by molar-refractivity contribution is 9.10. The van der Waals surface area contributed by atoms with Gasteiger partial charge in [0, 0.05) is 28.0 Å². The molecule has 0 spiro atoms. The normalized spacial score (nSPS) is 22.9. The summed E-state index contributed by atoms with van der Waals surface area (Å²) in [7, 11) is 0. The van der Waals surface area contributed by atoms with E-state index in [1.54, 1.807) is 17.5 Å². The maximum absolute atomic E-state index is 10.1. The maximum atomic E-state index is 10.1. The second kappa shape index (κ2) is 4.40. The lowest BCUT2D eigenvalue weighted by atomic mass is 9.99. The minimum atomic E-state index is -0.485. The van der Waals surface area contributed by atoms with E-state index in [2.05, 4.69) is 20.9 Å². The molecule has 0 fully saturated rings. The molecule has 3 nitrogen and oxygen atoms in total. The second-order valence-corrected chi connectivity index (χ2v) is 5.75. The van der Waals surface area contributed by atoms with Gasteiger partial charge in [-0.1, -0.05) is 22.0 Å². The summed E-state index contributed by atoms with van der Waals surface area (Å²) in [4.78, 5) is 4.24. The van der Waals surface area contributed by atoms with Crippen LogP contribution in [0.15, 0.2) is 34.2 Å². The SMILES string of the molecule is O[C@@H]1CC(c2nccs2)Oc2cc(Br)ccc21. The summed E-state index contributed by atoms with van der Waals surface area (Å²) < 4.78 is 6.83. The fourth-order valence-electron chi connectivity index (χ4n) is 1.96. The molecule has 2 aromatic rings. The molecule has 0 amide bonds. The van der Waals surface area contributed by atoms with Gasteiger partial charge < -0.3 is 9.84 Å². The molecule has 1 aromatic heterocycles. The van der Waals surface area contributed by atoms with E-state index in [1.807, 2.05) is 23.6 Å². The molecule has 1 N–H and O–H groups in total. The van der Waals surface area contributed by atoms with Crippen LogP contribution in [0.2, 0.25) is 0 Å². The van der Waals surface area contributed by atoms with Gasteiger partial charge in [-0.25, -0.2) is 4.98 Å². The average molecular weight is 312 g/mol. The van der Waals surface area contributed by atoms with E-state index in [-0.39, 0.29) is 6.10 Å². The van der Waals surface area contributed by atoms with Crippen molar-refractivity contribution >= 4 is 27.3 Å². The van der Waals surface area contributed by atoms with E-state index in [0.29, 0.717) is 6.42 Å². The number of benzene rings is 1. The summed E-state index contributed by atoms with van der Waals surface area (Å²) in [5.41, 5.74) is 0.848. The number of thiazole rings is 1. The number of fused-ring (bicyclic) bond motifs is 1. The first-order valence-corrected chi connectivity index (χ1v) is 6.95. The predicted octanol–water partition coefficient (Wildman–Crippen LogP) is 3.46. The fourth-order valence-corrected chi connectivity index (χ4v) is 2.98. The molecule has 0 bridgehead atoms. The largest absolute Gasteiger partial charge is 0.483 e. The third-order valence-electron chi connectivity index (χ3n) is 2.77. The van der Waals surface area contributed by atoms with Gasteiger partial charge in [-0.05, 0) is 12.1 Å². The van der Waals surface area contributed by atoms with Crippen molar-refractivity contribution in [3.63, 3.8) is 0 Å². The molecule has 0 saturated heterocycles. The Kier molecular flexibility index (Phi) is 2.90. The molecule has 17 heavy (non-hydrogen) atoms. The molecule has 0 aliphatic carbocycles. The molecule has 1 aromatic carbocycles. The first-order chi connectivity index (χ1) is 8.24. The quantitative estimate of drug-likeness (QED) is 0.877. The molecular weight excluding hydrogens is 302 g/mol. The smallest absolute Gasteiger partial charge is 0.153 e. The van der Waals surface area contributed by atoms with Crippen molar-refractivity contribution in [1.29, 1.82) is 0 Å². The summed E-state index contributed by atoms with van der Waals surface area (Å²) in [6.07, 6.45) is 1.68. The monoisotopic (exact) mass is 311 g/mol. The number of halogens is 1. The van der Waals surface area contributed by atoms with Gasteiger partial charge in [-0.15, -0.1) is 11.3 Å². The number of nitrogens with zero attached hydrogens (tertiary/aromatic N) is 1. The minimum Gasteiger partial charge on any atom is -0.483 e. The van der Waals surface area contributed by atoms with Crippen LogP contribution in [0.4, 0.5) is 0 Å². The maximum Gasteiger partial charge on any atom is 0.153 e. The van der Waals surface area contributed by atoms with Crippen LogP contribution >= 0.6 is 27.3 Å². The zero-order valence-corrected chi connectivity index (χ0v) is 11.2. The van der Waals surface area contributed by atoms with Gasteiger partial charge in [-0.2, -0.15) is 0 Å². The van der Waals surface area contributed by atoms with Gasteiger partial charge in [0.15, 0.2) is 6.10 Å². The minimum absolute atomic E-state index is 0.146. The van der Waals surface area contributed by atoms with Crippen molar-refractivity contribution in [2.75, 3.05) is 0 Å². The van der Waals surface area contributed by atoms with E-state index in [9.17, 15) is 5.11 Å². The summed E-state index contributed by atoms with van der Waals surface area (Å²) in [6.45, 7) is 0.